The first-order valence-electron chi connectivity index (χ1n) is 6.20. The second kappa shape index (κ2) is 5.65. The molecule has 3 heteroatoms. The number of hydrogen-bond acceptors (Lipinski definition) is 3. The quantitative estimate of drug-likeness (QED) is 0.855. The van der Waals surface area contributed by atoms with E-state index in [0.29, 0.717) is 0 Å². The van der Waals surface area contributed by atoms with Gasteiger partial charge >= 0.3 is 0 Å². The zero-order valence-electron chi connectivity index (χ0n) is 11.6. The van der Waals surface area contributed by atoms with Crippen molar-refractivity contribution in [1.82, 2.24) is 0 Å². The minimum absolute atomic E-state index is 0.750. The normalized spacial score (nSPS) is 10.3. The second-order valence-corrected chi connectivity index (χ2v) is 4.56. The molecule has 0 amide bonds. The Morgan fingerprint density at radius 2 is 1.53 bits per heavy atom. The third-order valence-electron chi connectivity index (χ3n) is 3.19. The predicted octanol–water partition coefficient (Wildman–Crippen LogP) is 3.19. The van der Waals surface area contributed by atoms with Gasteiger partial charge in [0.25, 0.3) is 0 Å². The van der Waals surface area contributed by atoms with Crippen LogP contribution >= 0.6 is 0 Å². The Morgan fingerprint density at radius 3 is 2.16 bits per heavy atom. The lowest BCUT2D eigenvalue weighted by Gasteiger charge is -2.10. The van der Waals surface area contributed by atoms with E-state index in [-0.39, 0.29) is 0 Å². The van der Waals surface area contributed by atoms with Crippen molar-refractivity contribution in [3.8, 4) is 11.5 Å². The molecule has 0 saturated heterocycles. The van der Waals surface area contributed by atoms with Gasteiger partial charge in [0.1, 0.15) is 0 Å². The first-order chi connectivity index (χ1) is 9.13. The highest BCUT2D eigenvalue weighted by atomic mass is 16.5. The number of benzene rings is 2. The lowest BCUT2D eigenvalue weighted by Crippen LogP contribution is -1.95. The molecule has 0 unspecified atom stereocenters. The molecule has 0 heterocycles. The smallest absolute Gasteiger partial charge is 0.160 e. The summed E-state index contributed by atoms with van der Waals surface area (Å²) in [5.74, 6) is 1.51. The Bertz CT molecular complexity index is 579. The molecule has 19 heavy (non-hydrogen) atoms. The summed E-state index contributed by atoms with van der Waals surface area (Å²) < 4.78 is 10.5. The van der Waals surface area contributed by atoms with Gasteiger partial charge in [-0.05, 0) is 48.2 Å². The van der Waals surface area contributed by atoms with Crippen molar-refractivity contribution in [3.05, 3.63) is 53.1 Å². The zero-order chi connectivity index (χ0) is 13.8. The Labute approximate surface area is 114 Å². The van der Waals surface area contributed by atoms with E-state index in [1.165, 1.54) is 11.1 Å². The summed E-state index contributed by atoms with van der Waals surface area (Å²) in [5, 5.41) is 0. The van der Waals surface area contributed by atoms with Crippen LogP contribution in [0.5, 0.6) is 11.5 Å². The van der Waals surface area contributed by atoms with Crippen molar-refractivity contribution >= 4 is 5.69 Å². The number of methoxy groups -OCH3 is 2. The molecule has 2 rings (SSSR count). The molecule has 0 aromatic heterocycles. The topological polar surface area (TPSA) is 44.5 Å². The summed E-state index contributed by atoms with van der Waals surface area (Å²) in [4.78, 5) is 0. The highest BCUT2D eigenvalue weighted by molar-refractivity contribution is 5.49. The molecule has 2 aromatic rings. The highest BCUT2D eigenvalue weighted by Gasteiger charge is 2.05. The van der Waals surface area contributed by atoms with E-state index >= 15 is 0 Å². The maximum Gasteiger partial charge on any atom is 0.160 e. The Balaban J connectivity index is 2.25. The summed E-state index contributed by atoms with van der Waals surface area (Å²) in [6.07, 6.45) is 0.849. The van der Waals surface area contributed by atoms with Crippen LogP contribution in [0.1, 0.15) is 16.7 Å². The molecule has 0 aliphatic carbocycles. The Kier molecular flexibility index (Phi) is 3.95. The molecule has 0 aliphatic heterocycles. The van der Waals surface area contributed by atoms with Crippen LogP contribution in [0.2, 0.25) is 0 Å². The van der Waals surface area contributed by atoms with Gasteiger partial charge in [-0.25, -0.2) is 0 Å². The summed E-state index contributed by atoms with van der Waals surface area (Å²) in [5.41, 5.74) is 10.2. The number of rotatable bonds is 4. The van der Waals surface area contributed by atoms with Crippen LogP contribution < -0.4 is 15.2 Å². The van der Waals surface area contributed by atoms with Crippen LogP contribution in [0.15, 0.2) is 36.4 Å². The van der Waals surface area contributed by atoms with E-state index in [0.717, 1.165) is 29.2 Å². The molecule has 0 fully saturated rings. The fourth-order valence-corrected chi connectivity index (χ4v) is 2.07. The van der Waals surface area contributed by atoms with Crippen LogP contribution in [0, 0.1) is 6.92 Å². The van der Waals surface area contributed by atoms with E-state index in [4.69, 9.17) is 15.2 Å². The van der Waals surface area contributed by atoms with E-state index in [1.807, 2.05) is 31.2 Å². The lowest BCUT2D eigenvalue weighted by molar-refractivity contribution is 0.354. The summed E-state index contributed by atoms with van der Waals surface area (Å²) in [6.45, 7) is 2.02. The van der Waals surface area contributed by atoms with E-state index in [9.17, 15) is 0 Å². The molecule has 2 aromatic carbocycles. The van der Waals surface area contributed by atoms with Gasteiger partial charge in [0.2, 0.25) is 0 Å². The van der Waals surface area contributed by atoms with Crippen molar-refractivity contribution in [1.29, 1.82) is 0 Å². The van der Waals surface area contributed by atoms with Crippen LogP contribution in [-0.4, -0.2) is 14.2 Å². The molecule has 0 spiro atoms. The molecule has 100 valence electrons. The Hall–Kier alpha value is -2.16. The Morgan fingerprint density at radius 1 is 0.895 bits per heavy atom. The average Bonchev–Trinajstić information content (AvgIpc) is 2.43. The van der Waals surface area contributed by atoms with Crippen LogP contribution in [0.25, 0.3) is 0 Å². The molecule has 0 aliphatic rings. The molecular weight excluding hydrogens is 238 g/mol. The number of hydrogen-bond donors (Lipinski definition) is 1. The van der Waals surface area contributed by atoms with Crippen molar-refractivity contribution in [3.63, 3.8) is 0 Å². The number of nitrogen functional groups attached to an aromatic ring is 1. The maximum absolute atomic E-state index is 5.83. The summed E-state index contributed by atoms with van der Waals surface area (Å²) in [7, 11) is 3.29. The number of anilines is 1. The zero-order valence-corrected chi connectivity index (χ0v) is 11.6. The lowest BCUT2D eigenvalue weighted by atomic mass is 10.0. The highest BCUT2D eigenvalue weighted by Crippen LogP contribution is 2.28. The van der Waals surface area contributed by atoms with Crippen LogP contribution in [0.3, 0.4) is 0 Å². The summed E-state index contributed by atoms with van der Waals surface area (Å²) in [6, 6.07) is 12.1. The van der Waals surface area contributed by atoms with Gasteiger partial charge in [0.15, 0.2) is 11.5 Å². The van der Waals surface area contributed by atoms with Crippen molar-refractivity contribution in [2.24, 2.45) is 0 Å². The molecule has 0 bridgehead atoms. The van der Waals surface area contributed by atoms with Gasteiger partial charge in [-0.3, -0.25) is 0 Å². The van der Waals surface area contributed by atoms with Gasteiger partial charge in [-0.1, -0.05) is 18.2 Å². The molecule has 0 saturated carbocycles. The van der Waals surface area contributed by atoms with Gasteiger partial charge in [0, 0.05) is 5.69 Å². The van der Waals surface area contributed by atoms with Gasteiger partial charge in [-0.2, -0.15) is 0 Å². The van der Waals surface area contributed by atoms with E-state index in [1.54, 1.807) is 14.2 Å². The standard InChI is InChI=1S/C16H19NO2/c1-11-8-12(4-6-14(11)17)9-13-5-7-15(18-2)16(10-13)19-3/h4-8,10H,9,17H2,1-3H3. The van der Waals surface area contributed by atoms with E-state index < -0.39 is 0 Å². The molecule has 0 radical (unpaired) electrons. The second-order valence-electron chi connectivity index (χ2n) is 4.56. The van der Waals surface area contributed by atoms with Crippen molar-refractivity contribution in [2.75, 3.05) is 20.0 Å². The fraction of sp³-hybridized carbons (Fsp3) is 0.250. The largest absolute Gasteiger partial charge is 0.493 e. The SMILES string of the molecule is COc1ccc(Cc2ccc(N)c(C)c2)cc1OC. The van der Waals surface area contributed by atoms with Gasteiger partial charge in [-0.15, -0.1) is 0 Å². The number of ether oxygens (including phenoxy) is 2. The first kappa shape index (κ1) is 13.3. The average molecular weight is 257 g/mol. The molecule has 2 N–H and O–H groups in total. The number of aryl methyl sites for hydroxylation is 1. The maximum atomic E-state index is 5.83. The molecule has 3 nitrogen and oxygen atoms in total. The molecule has 0 atom stereocenters. The summed E-state index contributed by atoms with van der Waals surface area (Å²) >= 11 is 0. The van der Waals surface area contributed by atoms with E-state index in [2.05, 4.69) is 12.1 Å². The first-order valence-corrected chi connectivity index (χ1v) is 6.20. The monoisotopic (exact) mass is 257 g/mol. The third kappa shape index (κ3) is 2.99. The minimum Gasteiger partial charge on any atom is -0.493 e. The van der Waals surface area contributed by atoms with Crippen molar-refractivity contribution < 1.29 is 9.47 Å². The van der Waals surface area contributed by atoms with Gasteiger partial charge in [0.05, 0.1) is 14.2 Å². The fourth-order valence-electron chi connectivity index (χ4n) is 2.07. The van der Waals surface area contributed by atoms with Crippen LogP contribution in [0.4, 0.5) is 5.69 Å². The third-order valence-corrected chi connectivity index (χ3v) is 3.19. The van der Waals surface area contributed by atoms with Gasteiger partial charge < -0.3 is 15.2 Å². The number of nitrogens with two attached hydrogens (primary N) is 1. The van der Waals surface area contributed by atoms with Crippen LogP contribution in [-0.2, 0) is 6.42 Å². The predicted molar refractivity (Wildman–Crippen MR) is 77.9 cm³/mol. The molecular formula is C16H19NO2. The van der Waals surface area contributed by atoms with Crippen molar-refractivity contribution in [2.45, 2.75) is 13.3 Å². The minimum atomic E-state index is 0.750.